The van der Waals surface area contributed by atoms with Crippen molar-refractivity contribution in [1.29, 1.82) is 0 Å². The molecule has 0 aromatic heterocycles. The Morgan fingerprint density at radius 2 is 1.52 bits per heavy atom. The van der Waals surface area contributed by atoms with Crippen LogP contribution < -0.4 is 21.3 Å². The molecule has 4 N–H and O–H groups in total. The Morgan fingerprint density at radius 1 is 0.920 bits per heavy atom. The Kier molecular flexibility index (Phi) is 15.0. The fourth-order valence-corrected chi connectivity index (χ4v) is 2.04. The lowest BCUT2D eigenvalue weighted by molar-refractivity contribution is 0.0984. The molecule has 0 radical (unpaired) electrons. The zero-order valence-electron chi connectivity index (χ0n) is 16.5. The van der Waals surface area contributed by atoms with Crippen molar-refractivity contribution in [3.05, 3.63) is 0 Å². The molecule has 0 saturated carbocycles. The lowest BCUT2D eigenvalue weighted by Gasteiger charge is -2.16. The summed E-state index contributed by atoms with van der Waals surface area (Å²) in [4.78, 5) is 23.1. The van der Waals surface area contributed by atoms with E-state index in [0.29, 0.717) is 32.8 Å². The van der Waals surface area contributed by atoms with Crippen LogP contribution in [0.15, 0.2) is 0 Å². The maximum absolute atomic E-state index is 11.6. The van der Waals surface area contributed by atoms with Crippen molar-refractivity contribution in [1.82, 2.24) is 21.3 Å². The summed E-state index contributed by atoms with van der Waals surface area (Å²) >= 11 is 0. The van der Waals surface area contributed by atoms with Crippen LogP contribution in [0.4, 0.5) is 9.59 Å². The lowest BCUT2D eigenvalue weighted by atomic mass is 10.2. The monoisotopic (exact) mass is 358 g/mol. The second-order valence-corrected chi connectivity index (χ2v) is 6.61. The van der Waals surface area contributed by atoms with E-state index in [1.54, 1.807) is 0 Å². The Bertz CT molecular complexity index is 353. The normalized spacial score (nSPS) is 13.0. The smallest absolute Gasteiger partial charge is 0.314 e. The average Bonchev–Trinajstić information content (AvgIpc) is 2.57. The van der Waals surface area contributed by atoms with Crippen LogP contribution in [0.1, 0.15) is 59.8 Å². The molecule has 0 aliphatic carbocycles. The first-order valence-corrected chi connectivity index (χ1v) is 9.63. The summed E-state index contributed by atoms with van der Waals surface area (Å²) in [7, 11) is 0. The molecule has 0 aromatic carbocycles. The van der Waals surface area contributed by atoms with Gasteiger partial charge in [-0.05, 0) is 32.1 Å². The van der Waals surface area contributed by atoms with E-state index in [1.165, 1.54) is 0 Å². The fourth-order valence-electron chi connectivity index (χ4n) is 2.04. The zero-order valence-corrected chi connectivity index (χ0v) is 16.5. The molecule has 2 unspecified atom stereocenters. The third kappa shape index (κ3) is 15.8. The second kappa shape index (κ2) is 16.0. The quantitative estimate of drug-likeness (QED) is 0.360. The molecule has 2 atom stereocenters. The minimum absolute atomic E-state index is 0.0689. The number of hydrogen-bond acceptors (Lipinski definition) is 3. The topological polar surface area (TPSA) is 91.5 Å². The van der Waals surface area contributed by atoms with E-state index in [2.05, 4.69) is 35.1 Å². The van der Waals surface area contributed by atoms with Gasteiger partial charge < -0.3 is 26.0 Å². The van der Waals surface area contributed by atoms with Crippen LogP contribution in [-0.2, 0) is 4.74 Å². The molecule has 0 saturated heterocycles. The van der Waals surface area contributed by atoms with Crippen LogP contribution in [0.3, 0.4) is 0 Å². The number of nitrogens with one attached hydrogen (secondary N) is 4. The first kappa shape index (κ1) is 23.5. The highest BCUT2D eigenvalue weighted by molar-refractivity contribution is 5.74. The Hall–Kier alpha value is -1.50. The van der Waals surface area contributed by atoms with Gasteiger partial charge in [0.05, 0.1) is 6.61 Å². The lowest BCUT2D eigenvalue weighted by Crippen LogP contribution is -2.41. The van der Waals surface area contributed by atoms with Crippen molar-refractivity contribution in [2.24, 2.45) is 5.92 Å². The Balaban J connectivity index is 3.59. The van der Waals surface area contributed by atoms with Gasteiger partial charge in [0.25, 0.3) is 0 Å². The molecule has 0 aliphatic rings. The summed E-state index contributed by atoms with van der Waals surface area (Å²) in [5, 5.41) is 11.4. The SMILES string of the molecule is CCCCNC(=O)NCC(C)COCCC(C)NC(=O)NCCCC. The third-order valence-corrected chi connectivity index (χ3v) is 3.72. The van der Waals surface area contributed by atoms with E-state index >= 15 is 0 Å². The fraction of sp³-hybridized carbons (Fsp3) is 0.889. The first-order valence-electron chi connectivity index (χ1n) is 9.63. The van der Waals surface area contributed by atoms with Crippen LogP contribution in [0.5, 0.6) is 0 Å². The molecule has 7 heteroatoms. The van der Waals surface area contributed by atoms with E-state index in [1.807, 2.05) is 13.8 Å². The number of urea groups is 2. The standard InChI is InChI=1S/C18H38N4O3/c1-5-7-10-19-17(23)21-13-15(3)14-25-12-9-16(4)22-18(24)20-11-8-6-2/h15-16H,5-14H2,1-4H3,(H2,19,21,23)(H2,20,22,24). The number of carbonyl (C=O) groups excluding carboxylic acids is 2. The second-order valence-electron chi connectivity index (χ2n) is 6.61. The van der Waals surface area contributed by atoms with E-state index in [4.69, 9.17) is 4.74 Å². The molecule has 0 aromatic rings. The molecule has 0 bridgehead atoms. The minimum Gasteiger partial charge on any atom is -0.381 e. The predicted octanol–water partition coefficient (Wildman–Crippen LogP) is 2.62. The number of unbranched alkanes of at least 4 members (excludes halogenated alkanes) is 2. The van der Waals surface area contributed by atoms with Crippen molar-refractivity contribution in [2.45, 2.75) is 65.8 Å². The Morgan fingerprint density at radius 3 is 2.12 bits per heavy atom. The molecule has 0 fully saturated rings. The summed E-state index contributed by atoms with van der Waals surface area (Å²) in [6.07, 6.45) is 4.89. The van der Waals surface area contributed by atoms with Crippen LogP contribution in [0.25, 0.3) is 0 Å². The largest absolute Gasteiger partial charge is 0.381 e. The number of carbonyl (C=O) groups is 2. The van der Waals surface area contributed by atoms with E-state index in [0.717, 1.165) is 32.1 Å². The molecule has 0 rings (SSSR count). The maximum atomic E-state index is 11.6. The molecule has 0 aliphatic heterocycles. The summed E-state index contributed by atoms with van der Waals surface area (Å²) in [5.74, 6) is 0.248. The minimum atomic E-state index is -0.118. The van der Waals surface area contributed by atoms with Crippen LogP contribution in [0.2, 0.25) is 0 Å². The van der Waals surface area contributed by atoms with Gasteiger partial charge in [0.15, 0.2) is 0 Å². The summed E-state index contributed by atoms with van der Waals surface area (Å²) in [5.41, 5.74) is 0. The highest BCUT2D eigenvalue weighted by Gasteiger charge is 2.08. The van der Waals surface area contributed by atoms with E-state index in [9.17, 15) is 9.59 Å². The van der Waals surface area contributed by atoms with E-state index in [-0.39, 0.29) is 24.0 Å². The number of rotatable bonds is 14. The van der Waals surface area contributed by atoms with Crippen molar-refractivity contribution >= 4 is 12.1 Å². The molecular formula is C18H38N4O3. The number of amides is 4. The average molecular weight is 359 g/mol. The first-order chi connectivity index (χ1) is 12.0. The van der Waals surface area contributed by atoms with Crippen LogP contribution >= 0.6 is 0 Å². The third-order valence-electron chi connectivity index (χ3n) is 3.72. The van der Waals surface area contributed by atoms with Crippen molar-refractivity contribution in [3.63, 3.8) is 0 Å². The molecule has 7 nitrogen and oxygen atoms in total. The van der Waals surface area contributed by atoms with Gasteiger partial charge in [-0.3, -0.25) is 0 Å². The van der Waals surface area contributed by atoms with Crippen molar-refractivity contribution < 1.29 is 14.3 Å². The van der Waals surface area contributed by atoms with Gasteiger partial charge in [0.2, 0.25) is 0 Å². The van der Waals surface area contributed by atoms with E-state index < -0.39 is 0 Å². The molecule has 0 heterocycles. The molecule has 25 heavy (non-hydrogen) atoms. The Labute approximate surface area is 153 Å². The van der Waals surface area contributed by atoms with Crippen molar-refractivity contribution in [3.8, 4) is 0 Å². The summed E-state index contributed by atoms with van der Waals surface area (Å²) in [6, 6.07) is -0.167. The highest BCUT2D eigenvalue weighted by Crippen LogP contribution is 1.97. The molecule has 4 amide bonds. The van der Waals surface area contributed by atoms with Gasteiger partial charge in [-0.25, -0.2) is 9.59 Å². The van der Waals surface area contributed by atoms with Gasteiger partial charge >= 0.3 is 12.1 Å². The van der Waals surface area contributed by atoms with Gasteiger partial charge in [0.1, 0.15) is 0 Å². The van der Waals surface area contributed by atoms with Crippen LogP contribution in [-0.4, -0.2) is 51.0 Å². The van der Waals surface area contributed by atoms with Crippen LogP contribution in [0, 0.1) is 5.92 Å². The number of ether oxygens (including phenoxy) is 1. The molecule has 148 valence electrons. The molecule has 0 spiro atoms. The van der Waals surface area contributed by atoms with Gasteiger partial charge in [0, 0.05) is 32.3 Å². The maximum Gasteiger partial charge on any atom is 0.314 e. The summed E-state index contributed by atoms with van der Waals surface area (Å²) in [6.45, 7) is 11.4. The predicted molar refractivity (Wildman–Crippen MR) is 102 cm³/mol. The summed E-state index contributed by atoms with van der Waals surface area (Å²) < 4.78 is 5.63. The highest BCUT2D eigenvalue weighted by atomic mass is 16.5. The van der Waals surface area contributed by atoms with Crippen molar-refractivity contribution in [2.75, 3.05) is 32.8 Å². The van der Waals surface area contributed by atoms with Gasteiger partial charge in [-0.1, -0.05) is 33.6 Å². The van der Waals surface area contributed by atoms with Gasteiger partial charge in [-0.15, -0.1) is 0 Å². The number of hydrogen-bond donors (Lipinski definition) is 4. The van der Waals surface area contributed by atoms with Gasteiger partial charge in [-0.2, -0.15) is 0 Å². The zero-order chi connectivity index (χ0) is 18.9. The molecular weight excluding hydrogens is 320 g/mol.